The lowest BCUT2D eigenvalue weighted by molar-refractivity contribution is 0.104. The van der Waals surface area contributed by atoms with E-state index in [1.807, 2.05) is 0 Å². The molecular formula is C12H27NO. The largest absolute Gasteiger partial charge is 0.396 e. The smallest absolute Gasteiger partial charge is 0.0448 e. The molecule has 0 aliphatic heterocycles. The van der Waals surface area contributed by atoms with Crippen LogP contribution in [0.3, 0.4) is 0 Å². The molecule has 0 aromatic rings. The van der Waals surface area contributed by atoms with Gasteiger partial charge in [-0.05, 0) is 45.7 Å². The molecule has 0 bridgehead atoms. The van der Waals surface area contributed by atoms with Crippen molar-refractivity contribution in [1.82, 2.24) is 4.90 Å². The fraction of sp³-hybridized carbons (Fsp3) is 1.00. The Hall–Kier alpha value is -0.0800. The van der Waals surface area contributed by atoms with Gasteiger partial charge >= 0.3 is 0 Å². The molecular weight excluding hydrogens is 174 g/mol. The predicted molar refractivity (Wildman–Crippen MR) is 62.5 cm³/mol. The maximum Gasteiger partial charge on any atom is 0.0448 e. The van der Waals surface area contributed by atoms with Crippen molar-refractivity contribution in [3.05, 3.63) is 0 Å². The maximum atomic E-state index is 8.95. The number of aliphatic hydroxyl groups excluding tert-OH is 1. The van der Waals surface area contributed by atoms with Crippen LogP contribution in [-0.4, -0.2) is 35.7 Å². The molecule has 0 unspecified atom stereocenters. The molecule has 0 heterocycles. The summed E-state index contributed by atoms with van der Waals surface area (Å²) in [6, 6.07) is 0. The van der Waals surface area contributed by atoms with Crippen molar-refractivity contribution in [3.8, 4) is 0 Å². The van der Waals surface area contributed by atoms with Gasteiger partial charge < -0.3 is 10.0 Å². The van der Waals surface area contributed by atoms with Gasteiger partial charge in [-0.3, -0.25) is 0 Å². The van der Waals surface area contributed by atoms with Gasteiger partial charge in [0, 0.05) is 12.1 Å². The van der Waals surface area contributed by atoms with Gasteiger partial charge in [-0.25, -0.2) is 0 Å². The summed E-state index contributed by atoms with van der Waals surface area (Å²) in [5.74, 6) is 0. The summed E-state index contributed by atoms with van der Waals surface area (Å²) in [6.07, 6.45) is 2.03. The van der Waals surface area contributed by atoms with Crippen LogP contribution in [0, 0.1) is 5.41 Å². The average molecular weight is 201 g/mol. The van der Waals surface area contributed by atoms with Gasteiger partial charge in [0.05, 0.1) is 0 Å². The summed E-state index contributed by atoms with van der Waals surface area (Å²) in [6.45, 7) is 12.5. The molecule has 14 heavy (non-hydrogen) atoms. The Labute approximate surface area is 89.3 Å². The maximum absolute atomic E-state index is 8.95. The van der Waals surface area contributed by atoms with Crippen molar-refractivity contribution in [2.75, 3.05) is 20.2 Å². The Kier molecular flexibility index (Phi) is 5.10. The van der Waals surface area contributed by atoms with Gasteiger partial charge in [-0.1, -0.05) is 20.8 Å². The lowest BCUT2D eigenvalue weighted by atomic mass is 9.90. The van der Waals surface area contributed by atoms with E-state index < -0.39 is 0 Å². The molecule has 0 aromatic heterocycles. The van der Waals surface area contributed by atoms with Crippen molar-refractivity contribution in [2.24, 2.45) is 5.41 Å². The van der Waals surface area contributed by atoms with Gasteiger partial charge in [0.15, 0.2) is 0 Å². The zero-order valence-electron chi connectivity index (χ0n) is 10.7. The lowest BCUT2D eigenvalue weighted by Crippen LogP contribution is -2.43. The molecule has 1 N–H and O–H groups in total. The quantitative estimate of drug-likeness (QED) is 0.739. The van der Waals surface area contributed by atoms with E-state index in [0.29, 0.717) is 5.41 Å². The highest BCUT2D eigenvalue weighted by Crippen LogP contribution is 2.22. The molecule has 0 spiro atoms. The molecule has 0 saturated heterocycles. The third-order valence-corrected chi connectivity index (χ3v) is 2.95. The van der Waals surface area contributed by atoms with Gasteiger partial charge in [-0.15, -0.1) is 0 Å². The van der Waals surface area contributed by atoms with E-state index in [-0.39, 0.29) is 12.1 Å². The second kappa shape index (κ2) is 5.13. The number of hydrogen-bond acceptors (Lipinski definition) is 2. The molecule has 0 radical (unpaired) electrons. The van der Waals surface area contributed by atoms with E-state index in [9.17, 15) is 0 Å². The minimum Gasteiger partial charge on any atom is -0.396 e. The van der Waals surface area contributed by atoms with Crippen molar-refractivity contribution < 1.29 is 5.11 Å². The Morgan fingerprint density at radius 1 is 1.00 bits per heavy atom. The summed E-state index contributed by atoms with van der Waals surface area (Å²) in [4.78, 5) is 2.34. The summed E-state index contributed by atoms with van der Waals surface area (Å²) in [7, 11) is 2.14. The Bertz CT molecular complexity index is 158. The Morgan fingerprint density at radius 3 is 1.86 bits per heavy atom. The third kappa shape index (κ3) is 5.61. The SMILES string of the molecule is CN(CCC(C)(C)C)C(C)(C)CCO. The zero-order chi connectivity index (χ0) is 11.4. The van der Waals surface area contributed by atoms with Crippen LogP contribution in [0.1, 0.15) is 47.5 Å². The van der Waals surface area contributed by atoms with Crippen LogP contribution < -0.4 is 0 Å². The summed E-state index contributed by atoms with van der Waals surface area (Å²) < 4.78 is 0. The van der Waals surface area contributed by atoms with E-state index >= 15 is 0 Å². The Morgan fingerprint density at radius 2 is 1.50 bits per heavy atom. The van der Waals surface area contributed by atoms with Crippen LogP contribution in [0.15, 0.2) is 0 Å². The topological polar surface area (TPSA) is 23.5 Å². The zero-order valence-corrected chi connectivity index (χ0v) is 10.7. The summed E-state index contributed by atoms with van der Waals surface area (Å²) >= 11 is 0. The Balaban J connectivity index is 4.00. The minimum absolute atomic E-state index is 0.111. The monoisotopic (exact) mass is 201 g/mol. The lowest BCUT2D eigenvalue weighted by Gasteiger charge is -2.36. The average Bonchev–Trinajstić information content (AvgIpc) is 1.98. The molecule has 2 nitrogen and oxygen atoms in total. The van der Waals surface area contributed by atoms with Crippen LogP contribution >= 0.6 is 0 Å². The van der Waals surface area contributed by atoms with E-state index in [4.69, 9.17) is 5.11 Å². The summed E-state index contributed by atoms with van der Waals surface area (Å²) in [5.41, 5.74) is 0.504. The third-order valence-electron chi connectivity index (χ3n) is 2.95. The standard InChI is InChI=1S/C12H27NO/c1-11(2,3)7-9-13(6)12(4,5)8-10-14/h14H,7-10H2,1-6H3. The van der Waals surface area contributed by atoms with Gasteiger partial charge in [0.2, 0.25) is 0 Å². The van der Waals surface area contributed by atoms with Crippen LogP contribution in [0.4, 0.5) is 0 Å². The molecule has 2 heteroatoms. The van der Waals surface area contributed by atoms with Crippen LogP contribution in [0.25, 0.3) is 0 Å². The number of hydrogen-bond donors (Lipinski definition) is 1. The molecule has 0 atom stereocenters. The molecule has 0 aliphatic rings. The first-order valence-electron chi connectivity index (χ1n) is 5.51. The first-order valence-corrected chi connectivity index (χ1v) is 5.51. The molecule has 0 rings (SSSR count). The number of nitrogens with zero attached hydrogens (tertiary/aromatic N) is 1. The van der Waals surface area contributed by atoms with Crippen LogP contribution in [0.5, 0.6) is 0 Å². The first-order chi connectivity index (χ1) is 6.19. The van der Waals surface area contributed by atoms with Gasteiger partial charge in [0.1, 0.15) is 0 Å². The molecule has 0 aliphatic carbocycles. The molecule has 86 valence electrons. The molecule has 0 fully saturated rings. The molecule has 0 amide bonds. The fourth-order valence-corrected chi connectivity index (χ4v) is 1.27. The first kappa shape index (κ1) is 13.9. The van der Waals surface area contributed by atoms with E-state index in [0.717, 1.165) is 13.0 Å². The van der Waals surface area contributed by atoms with E-state index in [1.54, 1.807) is 0 Å². The van der Waals surface area contributed by atoms with E-state index in [1.165, 1.54) is 6.42 Å². The van der Waals surface area contributed by atoms with Gasteiger partial charge in [0.25, 0.3) is 0 Å². The van der Waals surface area contributed by atoms with E-state index in [2.05, 4.69) is 46.6 Å². The van der Waals surface area contributed by atoms with Crippen LogP contribution in [0.2, 0.25) is 0 Å². The number of aliphatic hydroxyl groups is 1. The fourth-order valence-electron chi connectivity index (χ4n) is 1.27. The molecule has 0 saturated carbocycles. The van der Waals surface area contributed by atoms with Crippen molar-refractivity contribution in [3.63, 3.8) is 0 Å². The highest BCUT2D eigenvalue weighted by atomic mass is 16.3. The highest BCUT2D eigenvalue weighted by molar-refractivity contribution is 4.79. The number of rotatable bonds is 5. The van der Waals surface area contributed by atoms with Crippen molar-refractivity contribution >= 4 is 0 Å². The minimum atomic E-state index is 0.111. The second-order valence-electron chi connectivity index (χ2n) is 6.02. The van der Waals surface area contributed by atoms with Gasteiger partial charge in [-0.2, -0.15) is 0 Å². The predicted octanol–water partition coefficient (Wildman–Crippen LogP) is 2.52. The normalized spacial score (nSPS) is 13.7. The van der Waals surface area contributed by atoms with Crippen molar-refractivity contribution in [1.29, 1.82) is 0 Å². The second-order valence-corrected chi connectivity index (χ2v) is 6.02. The summed E-state index contributed by atoms with van der Waals surface area (Å²) in [5, 5.41) is 8.95. The molecule has 0 aromatic carbocycles. The van der Waals surface area contributed by atoms with Crippen molar-refractivity contribution in [2.45, 2.75) is 53.0 Å². The highest BCUT2D eigenvalue weighted by Gasteiger charge is 2.23. The van der Waals surface area contributed by atoms with Crippen LogP contribution in [-0.2, 0) is 0 Å².